The molecule has 0 aliphatic carbocycles. The maximum absolute atomic E-state index is 11.4. The summed E-state index contributed by atoms with van der Waals surface area (Å²) in [5.74, 6) is 0.667. The van der Waals surface area contributed by atoms with Crippen molar-refractivity contribution in [3.05, 3.63) is 30.3 Å². The number of nitrogens with one attached hydrogen (secondary N) is 1. The van der Waals surface area contributed by atoms with Crippen LogP contribution in [-0.2, 0) is 4.79 Å². The standard InChI is InChI=1S/C10H12ClNOS/c1-2-14-9(11)10(13)12-8-6-4-3-5-7-8/h3-7,9H,2H2,1H3,(H,12,13). The van der Waals surface area contributed by atoms with Gasteiger partial charge in [-0.3, -0.25) is 4.79 Å². The Morgan fingerprint density at radius 1 is 1.50 bits per heavy atom. The van der Waals surface area contributed by atoms with E-state index in [2.05, 4.69) is 5.32 Å². The monoisotopic (exact) mass is 229 g/mol. The Bertz CT molecular complexity index is 291. The number of rotatable bonds is 4. The third-order valence-electron chi connectivity index (χ3n) is 1.56. The van der Waals surface area contributed by atoms with E-state index >= 15 is 0 Å². The SMILES string of the molecule is CCSC(Cl)C(=O)Nc1ccccc1. The zero-order chi connectivity index (χ0) is 10.4. The minimum atomic E-state index is -0.514. The largest absolute Gasteiger partial charge is 0.324 e. The van der Waals surface area contributed by atoms with Crippen molar-refractivity contribution in [1.29, 1.82) is 0 Å². The predicted octanol–water partition coefficient (Wildman–Crippen LogP) is 2.94. The van der Waals surface area contributed by atoms with E-state index in [0.717, 1.165) is 11.4 Å². The van der Waals surface area contributed by atoms with Crippen LogP contribution in [0.25, 0.3) is 0 Å². The lowest BCUT2D eigenvalue weighted by atomic mass is 10.3. The van der Waals surface area contributed by atoms with Gasteiger partial charge < -0.3 is 5.32 Å². The number of halogens is 1. The van der Waals surface area contributed by atoms with Crippen LogP contribution in [0.5, 0.6) is 0 Å². The molecule has 1 N–H and O–H groups in total. The van der Waals surface area contributed by atoms with Crippen molar-refractivity contribution in [2.45, 2.75) is 11.6 Å². The van der Waals surface area contributed by atoms with Gasteiger partial charge in [0.15, 0.2) is 4.71 Å². The van der Waals surface area contributed by atoms with Crippen molar-refractivity contribution in [2.24, 2.45) is 0 Å². The number of hydrogen-bond acceptors (Lipinski definition) is 2. The second kappa shape index (κ2) is 5.94. The number of alkyl halides is 1. The summed E-state index contributed by atoms with van der Waals surface area (Å²) in [5.41, 5.74) is 0.778. The molecule has 1 atom stereocenters. The van der Waals surface area contributed by atoms with Crippen molar-refractivity contribution in [3.63, 3.8) is 0 Å². The topological polar surface area (TPSA) is 29.1 Å². The van der Waals surface area contributed by atoms with Crippen LogP contribution in [0.4, 0.5) is 5.69 Å². The first-order valence-corrected chi connectivity index (χ1v) is 5.84. The first-order chi connectivity index (χ1) is 6.74. The molecule has 0 bridgehead atoms. The van der Waals surface area contributed by atoms with Gasteiger partial charge in [-0.15, -0.1) is 23.4 Å². The number of para-hydroxylation sites is 1. The molecule has 0 saturated heterocycles. The smallest absolute Gasteiger partial charge is 0.252 e. The first-order valence-electron chi connectivity index (χ1n) is 4.35. The summed E-state index contributed by atoms with van der Waals surface area (Å²) in [6.45, 7) is 1.97. The molecule has 0 aliphatic rings. The minimum absolute atomic E-state index is 0.162. The number of carbonyl (C=O) groups is 1. The molecule has 0 spiro atoms. The van der Waals surface area contributed by atoms with Gasteiger partial charge in [-0.25, -0.2) is 0 Å². The van der Waals surface area contributed by atoms with E-state index in [1.165, 1.54) is 11.8 Å². The molecule has 0 heterocycles. The Kier molecular flexibility index (Phi) is 4.84. The number of hydrogen-bond donors (Lipinski definition) is 1. The summed E-state index contributed by atoms with van der Waals surface area (Å²) in [4.78, 5) is 11.4. The van der Waals surface area contributed by atoms with Crippen LogP contribution >= 0.6 is 23.4 Å². The van der Waals surface area contributed by atoms with Gasteiger partial charge in [0.1, 0.15) is 0 Å². The van der Waals surface area contributed by atoms with Crippen LogP contribution in [0.2, 0.25) is 0 Å². The van der Waals surface area contributed by atoms with E-state index in [4.69, 9.17) is 11.6 Å². The fourth-order valence-corrected chi connectivity index (χ4v) is 1.88. The lowest BCUT2D eigenvalue weighted by Gasteiger charge is -2.08. The van der Waals surface area contributed by atoms with Crippen LogP contribution in [0.3, 0.4) is 0 Å². The molecule has 1 aromatic rings. The molecule has 0 aliphatic heterocycles. The van der Waals surface area contributed by atoms with Gasteiger partial charge >= 0.3 is 0 Å². The summed E-state index contributed by atoms with van der Waals surface area (Å²) in [6.07, 6.45) is 0. The van der Waals surface area contributed by atoms with Gasteiger partial charge in [0.25, 0.3) is 5.91 Å². The molecule has 4 heteroatoms. The van der Waals surface area contributed by atoms with Crippen LogP contribution < -0.4 is 5.32 Å². The van der Waals surface area contributed by atoms with Crippen LogP contribution in [0, 0.1) is 0 Å². The highest BCUT2D eigenvalue weighted by atomic mass is 35.5. The van der Waals surface area contributed by atoms with E-state index in [1.807, 2.05) is 37.3 Å². The Hall–Kier alpha value is -0.670. The highest BCUT2D eigenvalue weighted by molar-refractivity contribution is 8.01. The highest BCUT2D eigenvalue weighted by Crippen LogP contribution is 2.17. The third-order valence-corrected chi connectivity index (χ3v) is 2.98. The fourth-order valence-electron chi connectivity index (χ4n) is 0.942. The molecule has 0 saturated carbocycles. The van der Waals surface area contributed by atoms with Crippen molar-refractivity contribution >= 4 is 35.0 Å². The number of benzene rings is 1. The van der Waals surface area contributed by atoms with Gasteiger partial charge in [0, 0.05) is 5.69 Å². The van der Waals surface area contributed by atoms with Gasteiger partial charge in [-0.2, -0.15) is 0 Å². The molecular weight excluding hydrogens is 218 g/mol. The molecule has 0 aromatic heterocycles. The van der Waals surface area contributed by atoms with Crippen molar-refractivity contribution < 1.29 is 4.79 Å². The second-order valence-electron chi connectivity index (χ2n) is 2.63. The van der Waals surface area contributed by atoms with Crippen molar-refractivity contribution in [1.82, 2.24) is 0 Å². The molecule has 0 radical (unpaired) electrons. The summed E-state index contributed by atoms with van der Waals surface area (Å²) >= 11 is 7.24. The minimum Gasteiger partial charge on any atom is -0.324 e. The Balaban J connectivity index is 2.49. The van der Waals surface area contributed by atoms with Crippen LogP contribution in [-0.4, -0.2) is 16.4 Å². The highest BCUT2D eigenvalue weighted by Gasteiger charge is 2.14. The molecule has 1 rings (SSSR count). The normalized spacial score (nSPS) is 12.1. The number of anilines is 1. The lowest BCUT2D eigenvalue weighted by molar-refractivity contribution is -0.114. The Labute approximate surface area is 93.0 Å². The van der Waals surface area contributed by atoms with Gasteiger partial charge in [0.2, 0.25) is 0 Å². The van der Waals surface area contributed by atoms with Crippen LogP contribution in [0.15, 0.2) is 30.3 Å². The lowest BCUT2D eigenvalue weighted by Crippen LogP contribution is -2.20. The molecular formula is C10H12ClNOS. The van der Waals surface area contributed by atoms with E-state index in [-0.39, 0.29) is 5.91 Å². The third kappa shape index (κ3) is 3.60. The zero-order valence-corrected chi connectivity index (χ0v) is 9.44. The molecule has 1 amide bonds. The van der Waals surface area contributed by atoms with Crippen molar-refractivity contribution in [2.75, 3.05) is 11.1 Å². The Morgan fingerprint density at radius 3 is 2.71 bits per heavy atom. The fraction of sp³-hybridized carbons (Fsp3) is 0.300. The Morgan fingerprint density at radius 2 is 2.14 bits per heavy atom. The zero-order valence-electron chi connectivity index (χ0n) is 7.87. The predicted molar refractivity (Wildman–Crippen MR) is 62.8 cm³/mol. The quantitative estimate of drug-likeness (QED) is 0.805. The summed E-state index contributed by atoms with van der Waals surface area (Å²) in [7, 11) is 0. The van der Waals surface area contributed by atoms with Crippen LogP contribution in [0.1, 0.15) is 6.92 Å². The number of carbonyl (C=O) groups excluding carboxylic acids is 1. The summed E-state index contributed by atoms with van der Waals surface area (Å²) in [6, 6.07) is 9.29. The van der Waals surface area contributed by atoms with Gasteiger partial charge in [0.05, 0.1) is 0 Å². The van der Waals surface area contributed by atoms with E-state index in [1.54, 1.807) is 0 Å². The average Bonchev–Trinajstić information content (AvgIpc) is 2.19. The van der Waals surface area contributed by atoms with Crippen molar-refractivity contribution in [3.8, 4) is 0 Å². The molecule has 1 aromatic carbocycles. The summed E-state index contributed by atoms with van der Waals surface area (Å²) < 4.78 is -0.514. The van der Waals surface area contributed by atoms with Gasteiger partial charge in [-0.05, 0) is 17.9 Å². The van der Waals surface area contributed by atoms with Gasteiger partial charge in [-0.1, -0.05) is 25.1 Å². The number of amides is 1. The molecule has 76 valence electrons. The molecule has 0 fully saturated rings. The maximum atomic E-state index is 11.4. The first kappa shape index (κ1) is 11.4. The molecule has 14 heavy (non-hydrogen) atoms. The maximum Gasteiger partial charge on any atom is 0.252 e. The molecule has 1 unspecified atom stereocenters. The van der Waals surface area contributed by atoms with E-state index in [0.29, 0.717) is 0 Å². The molecule has 2 nitrogen and oxygen atoms in total. The second-order valence-corrected chi connectivity index (χ2v) is 4.70. The summed E-state index contributed by atoms with van der Waals surface area (Å²) in [5, 5.41) is 2.73. The van der Waals surface area contributed by atoms with E-state index < -0.39 is 4.71 Å². The van der Waals surface area contributed by atoms with E-state index in [9.17, 15) is 4.79 Å². The number of thioether (sulfide) groups is 1. The average molecular weight is 230 g/mol.